The zero-order valence-electron chi connectivity index (χ0n) is 10.5. The number of amides is 1. The quantitative estimate of drug-likeness (QED) is 0.864. The third-order valence-corrected chi connectivity index (χ3v) is 3.99. The maximum atomic E-state index is 12.3. The summed E-state index contributed by atoms with van der Waals surface area (Å²) in [7, 11) is 0. The van der Waals surface area contributed by atoms with E-state index in [0.717, 1.165) is 0 Å². The van der Waals surface area contributed by atoms with Crippen molar-refractivity contribution in [3.8, 4) is 11.5 Å². The van der Waals surface area contributed by atoms with Crippen LogP contribution in [0.15, 0.2) is 30.3 Å². The molecule has 3 rings (SSSR count). The van der Waals surface area contributed by atoms with Gasteiger partial charge < -0.3 is 14.8 Å². The van der Waals surface area contributed by atoms with Gasteiger partial charge in [0.1, 0.15) is 0 Å². The minimum atomic E-state index is -0.376. The van der Waals surface area contributed by atoms with Crippen LogP contribution in [0.25, 0.3) is 0 Å². The lowest BCUT2D eigenvalue weighted by Crippen LogP contribution is -2.12. The summed E-state index contributed by atoms with van der Waals surface area (Å²) in [5, 5.41) is 3.62. The number of rotatable bonds is 2. The highest BCUT2D eigenvalue weighted by Gasteiger charge is 2.21. The van der Waals surface area contributed by atoms with Gasteiger partial charge in [-0.25, -0.2) is 0 Å². The molecule has 108 valence electrons. The number of carbonyl (C=O) groups is 1. The van der Waals surface area contributed by atoms with E-state index < -0.39 is 0 Å². The van der Waals surface area contributed by atoms with Gasteiger partial charge in [0.2, 0.25) is 6.79 Å². The third-order valence-electron chi connectivity index (χ3n) is 2.89. The standard InChI is InChI=1S/C14H8Cl3NO3/c15-8-2-1-3-10(12(8)17)18-14(19)7-4-9(16)13-11(5-7)20-6-21-13/h1-5H,6H2,(H,18,19). The van der Waals surface area contributed by atoms with Crippen LogP contribution in [0.2, 0.25) is 15.1 Å². The average Bonchev–Trinajstić information content (AvgIpc) is 2.92. The Morgan fingerprint density at radius 1 is 1.10 bits per heavy atom. The Bertz CT molecular complexity index is 734. The molecule has 0 bridgehead atoms. The molecule has 0 unspecified atom stereocenters. The second-order valence-corrected chi connectivity index (χ2v) is 5.44. The first kappa shape index (κ1) is 14.3. The number of benzene rings is 2. The van der Waals surface area contributed by atoms with Gasteiger partial charge in [-0.2, -0.15) is 0 Å². The summed E-state index contributed by atoms with van der Waals surface area (Å²) < 4.78 is 10.4. The Kier molecular flexibility index (Phi) is 3.85. The van der Waals surface area contributed by atoms with E-state index in [0.29, 0.717) is 32.8 Å². The van der Waals surface area contributed by atoms with E-state index in [9.17, 15) is 4.79 Å². The van der Waals surface area contributed by atoms with E-state index in [1.165, 1.54) is 6.07 Å². The third kappa shape index (κ3) is 2.75. The monoisotopic (exact) mass is 343 g/mol. The van der Waals surface area contributed by atoms with Crippen LogP contribution in [-0.2, 0) is 0 Å². The maximum absolute atomic E-state index is 12.3. The number of nitrogens with one attached hydrogen (secondary N) is 1. The molecule has 0 aromatic heterocycles. The van der Waals surface area contributed by atoms with Crippen molar-refractivity contribution in [2.75, 3.05) is 12.1 Å². The van der Waals surface area contributed by atoms with Crippen molar-refractivity contribution in [2.45, 2.75) is 0 Å². The largest absolute Gasteiger partial charge is 0.454 e. The van der Waals surface area contributed by atoms with Crippen LogP contribution < -0.4 is 14.8 Å². The lowest BCUT2D eigenvalue weighted by molar-refractivity contribution is 0.102. The lowest BCUT2D eigenvalue weighted by Gasteiger charge is -2.09. The van der Waals surface area contributed by atoms with Crippen LogP contribution in [0.3, 0.4) is 0 Å². The molecule has 7 heteroatoms. The van der Waals surface area contributed by atoms with Gasteiger partial charge in [0, 0.05) is 5.56 Å². The molecule has 4 nitrogen and oxygen atoms in total. The molecule has 2 aromatic rings. The number of anilines is 1. The molecule has 0 aliphatic carbocycles. The highest BCUT2D eigenvalue weighted by Crippen LogP contribution is 2.40. The fourth-order valence-corrected chi connectivity index (χ4v) is 2.51. The summed E-state index contributed by atoms with van der Waals surface area (Å²) in [6.07, 6.45) is 0. The molecule has 1 aliphatic heterocycles. The number of fused-ring (bicyclic) bond motifs is 1. The van der Waals surface area contributed by atoms with Gasteiger partial charge in [0.25, 0.3) is 5.91 Å². The Morgan fingerprint density at radius 2 is 1.90 bits per heavy atom. The Morgan fingerprint density at radius 3 is 2.71 bits per heavy atom. The summed E-state index contributed by atoms with van der Waals surface area (Å²) in [6.45, 7) is 0.0836. The molecular weight excluding hydrogens is 337 g/mol. The summed E-state index contributed by atoms with van der Waals surface area (Å²) in [5.41, 5.74) is 0.753. The molecule has 1 amide bonds. The first-order chi connectivity index (χ1) is 10.1. The number of hydrogen-bond donors (Lipinski definition) is 1. The molecule has 0 atom stereocenters. The van der Waals surface area contributed by atoms with Crippen molar-refractivity contribution < 1.29 is 14.3 Å². The molecule has 0 spiro atoms. The first-order valence-corrected chi connectivity index (χ1v) is 7.04. The Hall–Kier alpha value is -1.62. The van der Waals surface area contributed by atoms with E-state index in [1.807, 2.05) is 0 Å². The second kappa shape index (κ2) is 5.64. The van der Waals surface area contributed by atoms with E-state index in [1.54, 1.807) is 24.3 Å². The second-order valence-electron chi connectivity index (χ2n) is 4.25. The predicted molar refractivity (Wildman–Crippen MR) is 82.0 cm³/mol. The zero-order valence-corrected chi connectivity index (χ0v) is 12.7. The van der Waals surface area contributed by atoms with Gasteiger partial charge in [-0.05, 0) is 24.3 Å². The van der Waals surface area contributed by atoms with Crippen molar-refractivity contribution in [1.29, 1.82) is 0 Å². The van der Waals surface area contributed by atoms with Crippen molar-refractivity contribution in [1.82, 2.24) is 0 Å². The Labute approximate surface area is 135 Å². The summed E-state index contributed by atoms with van der Waals surface area (Å²) in [5.74, 6) is 0.498. The van der Waals surface area contributed by atoms with Crippen LogP contribution in [0.5, 0.6) is 11.5 Å². The molecular formula is C14H8Cl3NO3. The van der Waals surface area contributed by atoms with E-state index in [2.05, 4.69) is 5.32 Å². The molecule has 0 fully saturated rings. The molecule has 0 radical (unpaired) electrons. The summed E-state index contributed by atoms with van der Waals surface area (Å²) in [4.78, 5) is 12.3. The van der Waals surface area contributed by atoms with Gasteiger partial charge in [0.05, 0.1) is 20.8 Å². The molecule has 1 aliphatic rings. The van der Waals surface area contributed by atoms with Crippen molar-refractivity contribution >= 4 is 46.4 Å². The molecule has 1 N–H and O–H groups in total. The average molecular weight is 345 g/mol. The normalized spacial score (nSPS) is 12.3. The molecule has 0 saturated heterocycles. The molecule has 1 heterocycles. The highest BCUT2D eigenvalue weighted by atomic mass is 35.5. The SMILES string of the molecule is O=C(Nc1cccc(Cl)c1Cl)c1cc(Cl)c2c(c1)OCO2. The topological polar surface area (TPSA) is 47.6 Å². The number of ether oxygens (including phenoxy) is 2. The molecule has 21 heavy (non-hydrogen) atoms. The summed E-state index contributed by atoms with van der Waals surface area (Å²) in [6, 6.07) is 8.04. The minimum Gasteiger partial charge on any atom is -0.454 e. The fraction of sp³-hybridized carbons (Fsp3) is 0.0714. The van der Waals surface area contributed by atoms with Gasteiger partial charge in [0.15, 0.2) is 11.5 Å². The fourth-order valence-electron chi connectivity index (χ4n) is 1.89. The molecule has 0 saturated carbocycles. The molecule has 2 aromatic carbocycles. The van der Waals surface area contributed by atoms with Crippen molar-refractivity contribution in [3.05, 3.63) is 51.0 Å². The van der Waals surface area contributed by atoms with Crippen LogP contribution in [0, 0.1) is 0 Å². The highest BCUT2D eigenvalue weighted by molar-refractivity contribution is 6.44. The van der Waals surface area contributed by atoms with Crippen molar-refractivity contribution in [2.24, 2.45) is 0 Å². The van der Waals surface area contributed by atoms with Gasteiger partial charge in [-0.1, -0.05) is 40.9 Å². The van der Waals surface area contributed by atoms with E-state index in [-0.39, 0.29) is 17.7 Å². The first-order valence-electron chi connectivity index (χ1n) is 5.91. The number of halogens is 3. The van der Waals surface area contributed by atoms with Gasteiger partial charge >= 0.3 is 0 Å². The maximum Gasteiger partial charge on any atom is 0.255 e. The van der Waals surface area contributed by atoms with Gasteiger partial charge in [-0.15, -0.1) is 0 Å². The van der Waals surface area contributed by atoms with Crippen LogP contribution >= 0.6 is 34.8 Å². The minimum absolute atomic E-state index is 0.0836. The van der Waals surface area contributed by atoms with E-state index in [4.69, 9.17) is 44.3 Å². The lowest BCUT2D eigenvalue weighted by atomic mass is 10.2. The van der Waals surface area contributed by atoms with Gasteiger partial charge in [-0.3, -0.25) is 4.79 Å². The smallest absolute Gasteiger partial charge is 0.255 e. The van der Waals surface area contributed by atoms with Crippen LogP contribution in [0.4, 0.5) is 5.69 Å². The summed E-state index contributed by atoms with van der Waals surface area (Å²) >= 11 is 18.0. The number of carbonyl (C=O) groups excluding carboxylic acids is 1. The number of hydrogen-bond acceptors (Lipinski definition) is 3. The predicted octanol–water partition coefficient (Wildman–Crippen LogP) is 4.63. The van der Waals surface area contributed by atoms with Crippen LogP contribution in [0.1, 0.15) is 10.4 Å². The van der Waals surface area contributed by atoms with Crippen LogP contribution in [-0.4, -0.2) is 12.7 Å². The van der Waals surface area contributed by atoms with Crippen molar-refractivity contribution in [3.63, 3.8) is 0 Å². The van der Waals surface area contributed by atoms with E-state index >= 15 is 0 Å². The zero-order chi connectivity index (χ0) is 15.0. The Balaban J connectivity index is 1.89.